The first-order valence-corrected chi connectivity index (χ1v) is 8.62. The summed E-state index contributed by atoms with van der Waals surface area (Å²) < 4.78 is 26.0. The molecule has 0 radical (unpaired) electrons. The van der Waals surface area contributed by atoms with Gasteiger partial charge in [-0.15, -0.1) is 12.4 Å². The second-order valence-corrected chi connectivity index (χ2v) is 7.64. The number of hydrogen-bond donors (Lipinski definition) is 1. The van der Waals surface area contributed by atoms with Gasteiger partial charge in [0.15, 0.2) is 0 Å². The number of likely N-dealkylation sites (N-methyl/N-ethyl adjacent to an activating group) is 1. The molecule has 0 aliphatic carbocycles. The summed E-state index contributed by atoms with van der Waals surface area (Å²) >= 11 is 0. The lowest BCUT2D eigenvalue weighted by Gasteiger charge is -2.24. The van der Waals surface area contributed by atoms with Gasteiger partial charge in [0.1, 0.15) is 0 Å². The van der Waals surface area contributed by atoms with Crippen molar-refractivity contribution in [1.29, 1.82) is 0 Å². The fourth-order valence-corrected chi connectivity index (χ4v) is 3.14. The molecule has 0 saturated carbocycles. The smallest absolute Gasteiger partial charge is 0.253 e. The number of rotatable bonds is 6. The summed E-state index contributed by atoms with van der Waals surface area (Å²) in [5.74, 6) is -0.181. The number of hydrogen-bond acceptors (Lipinski definition) is 4. The molecule has 0 heterocycles. The highest BCUT2D eigenvalue weighted by Crippen LogP contribution is 2.18. The molecular weight excluding hydrogens is 338 g/mol. The van der Waals surface area contributed by atoms with E-state index in [-0.39, 0.29) is 35.3 Å². The van der Waals surface area contributed by atoms with Crippen molar-refractivity contribution in [1.82, 2.24) is 9.21 Å². The lowest BCUT2D eigenvalue weighted by atomic mass is 10.2. The Labute approximate surface area is 145 Å². The third kappa shape index (κ3) is 4.91. The second-order valence-electron chi connectivity index (χ2n) is 5.64. The molecule has 0 aliphatic heterocycles. The zero-order valence-corrected chi connectivity index (χ0v) is 15.8. The number of nitrogens with two attached hydrogens (primary N) is 1. The zero-order chi connectivity index (χ0) is 17.1. The van der Waals surface area contributed by atoms with Crippen LogP contribution in [0.2, 0.25) is 0 Å². The van der Waals surface area contributed by atoms with Crippen molar-refractivity contribution in [2.45, 2.75) is 37.8 Å². The van der Waals surface area contributed by atoms with E-state index in [0.717, 1.165) is 0 Å². The molecule has 0 saturated heterocycles. The summed E-state index contributed by atoms with van der Waals surface area (Å²) in [5, 5.41) is 0. The Morgan fingerprint density at radius 2 is 1.61 bits per heavy atom. The average molecular weight is 364 g/mol. The van der Waals surface area contributed by atoms with Crippen LogP contribution in [0.3, 0.4) is 0 Å². The summed E-state index contributed by atoms with van der Waals surface area (Å²) in [4.78, 5) is 14.0. The SMILES string of the molecule is CC(CN)N(C)C(=O)c1ccc(S(=O)(=O)N(C)C(C)C)cc1.Cl. The number of carbonyl (C=O) groups excluding carboxylic acids is 1. The Bertz CT molecular complexity index is 617. The molecular formula is C15H26ClN3O3S. The number of nitrogens with zero attached hydrogens (tertiary/aromatic N) is 2. The summed E-state index contributed by atoms with van der Waals surface area (Å²) in [5.41, 5.74) is 5.99. The molecule has 8 heteroatoms. The second kappa shape index (κ2) is 8.63. The lowest BCUT2D eigenvalue weighted by molar-refractivity contribution is 0.0748. The van der Waals surface area contributed by atoms with Gasteiger partial charge in [-0.1, -0.05) is 0 Å². The lowest BCUT2D eigenvalue weighted by Crippen LogP contribution is -2.39. The summed E-state index contributed by atoms with van der Waals surface area (Å²) in [6.07, 6.45) is 0. The third-order valence-corrected chi connectivity index (χ3v) is 5.88. The highest BCUT2D eigenvalue weighted by Gasteiger charge is 2.23. The number of amides is 1. The van der Waals surface area contributed by atoms with Gasteiger partial charge in [0.05, 0.1) is 4.90 Å². The molecule has 1 atom stereocenters. The van der Waals surface area contributed by atoms with Gasteiger partial charge >= 0.3 is 0 Å². The van der Waals surface area contributed by atoms with Crippen molar-refractivity contribution in [3.63, 3.8) is 0 Å². The van der Waals surface area contributed by atoms with Crippen molar-refractivity contribution in [2.75, 3.05) is 20.6 Å². The standard InChI is InChI=1S/C15H25N3O3S.ClH/c1-11(2)18(5)22(20,21)14-8-6-13(7-9-14)15(19)17(4)12(3)10-16;/h6-9,11-12H,10,16H2,1-5H3;1H. The van der Waals surface area contributed by atoms with Crippen LogP contribution in [-0.2, 0) is 10.0 Å². The van der Waals surface area contributed by atoms with Gasteiger partial charge in [-0.05, 0) is 45.0 Å². The van der Waals surface area contributed by atoms with E-state index in [1.807, 2.05) is 6.92 Å². The molecule has 0 bridgehead atoms. The molecule has 0 aliphatic rings. The summed E-state index contributed by atoms with van der Waals surface area (Å²) in [6, 6.07) is 5.77. The van der Waals surface area contributed by atoms with Crippen LogP contribution in [0.4, 0.5) is 0 Å². The normalized spacial score (nSPS) is 12.9. The highest BCUT2D eigenvalue weighted by atomic mass is 35.5. The molecule has 1 aromatic rings. The Morgan fingerprint density at radius 3 is 2.00 bits per heavy atom. The third-order valence-electron chi connectivity index (χ3n) is 3.83. The Hall–Kier alpha value is -1.15. The Morgan fingerprint density at radius 1 is 1.13 bits per heavy atom. The van der Waals surface area contributed by atoms with Crippen molar-refractivity contribution in [3.05, 3.63) is 29.8 Å². The quantitative estimate of drug-likeness (QED) is 0.831. The predicted molar refractivity (Wildman–Crippen MR) is 94.4 cm³/mol. The van der Waals surface area contributed by atoms with Crippen LogP contribution >= 0.6 is 12.4 Å². The predicted octanol–water partition coefficient (Wildman–Crippen LogP) is 1.56. The summed E-state index contributed by atoms with van der Waals surface area (Å²) in [6.45, 7) is 5.83. The van der Waals surface area contributed by atoms with Crippen LogP contribution in [0.25, 0.3) is 0 Å². The summed E-state index contributed by atoms with van der Waals surface area (Å²) in [7, 11) is -0.318. The molecule has 1 aromatic carbocycles. The number of carbonyl (C=O) groups is 1. The molecule has 23 heavy (non-hydrogen) atoms. The van der Waals surface area contributed by atoms with Crippen molar-refractivity contribution in [3.8, 4) is 0 Å². The van der Waals surface area contributed by atoms with Gasteiger partial charge in [-0.25, -0.2) is 8.42 Å². The van der Waals surface area contributed by atoms with E-state index < -0.39 is 10.0 Å². The molecule has 132 valence electrons. The zero-order valence-electron chi connectivity index (χ0n) is 14.2. The maximum absolute atomic E-state index is 12.4. The van der Waals surface area contributed by atoms with Gasteiger partial charge in [0, 0.05) is 38.3 Å². The first kappa shape index (κ1) is 21.9. The highest BCUT2D eigenvalue weighted by molar-refractivity contribution is 7.89. The molecule has 0 fully saturated rings. The number of benzene rings is 1. The minimum absolute atomic E-state index is 0. The molecule has 0 spiro atoms. The van der Waals surface area contributed by atoms with E-state index in [1.165, 1.54) is 35.6 Å². The van der Waals surface area contributed by atoms with Crippen LogP contribution in [-0.4, -0.2) is 56.3 Å². The van der Waals surface area contributed by atoms with Gasteiger partial charge in [0.25, 0.3) is 5.91 Å². The van der Waals surface area contributed by atoms with Crippen molar-refractivity contribution in [2.24, 2.45) is 5.73 Å². The van der Waals surface area contributed by atoms with Crippen molar-refractivity contribution >= 4 is 28.3 Å². The van der Waals surface area contributed by atoms with E-state index in [1.54, 1.807) is 25.8 Å². The average Bonchev–Trinajstić information content (AvgIpc) is 2.51. The minimum atomic E-state index is -3.53. The van der Waals surface area contributed by atoms with Gasteiger partial charge < -0.3 is 10.6 Å². The largest absolute Gasteiger partial charge is 0.338 e. The fourth-order valence-electron chi connectivity index (χ4n) is 1.78. The van der Waals surface area contributed by atoms with E-state index >= 15 is 0 Å². The molecule has 1 unspecified atom stereocenters. The first-order chi connectivity index (χ1) is 10.1. The van der Waals surface area contributed by atoms with E-state index in [0.29, 0.717) is 12.1 Å². The van der Waals surface area contributed by atoms with Gasteiger partial charge in [-0.2, -0.15) is 4.31 Å². The Balaban J connectivity index is 0.00000484. The molecule has 1 amide bonds. The molecule has 0 aromatic heterocycles. The monoisotopic (exact) mass is 363 g/mol. The van der Waals surface area contributed by atoms with E-state index in [2.05, 4.69) is 0 Å². The van der Waals surface area contributed by atoms with E-state index in [9.17, 15) is 13.2 Å². The fraction of sp³-hybridized carbons (Fsp3) is 0.533. The van der Waals surface area contributed by atoms with Crippen LogP contribution in [0, 0.1) is 0 Å². The molecule has 1 rings (SSSR count). The van der Waals surface area contributed by atoms with Gasteiger partial charge in [0.2, 0.25) is 10.0 Å². The van der Waals surface area contributed by atoms with Crippen LogP contribution in [0.1, 0.15) is 31.1 Å². The topological polar surface area (TPSA) is 83.7 Å². The van der Waals surface area contributed by atoms with Crippen LogP contribution in [0.15, 0.2) is 29.2 Å². The van der Waals surface area contributed by atoms with Crippen molar-refractivity contribution < 1.29 is 13.2 Å². The first-order valence-electron chi connectivity index (χ1n) is 7.18. The van der Waals surface area contributed by atoms with Crippen LogP contribution < -0.4 is 5.73 Å². The van der Waals surface area contributed by atoms with Gasteiger partial charge in [-0.3, -0.25) is 4.79 Å². The maximum atomic E-state index is 12.4. The molecule has 6 nitrogen and oxygen atoms in total. The van der Waals surface area contributed by atoms with Crippen LogP contribution in [0.5, 0.6) is 0 Å². The number of halogens is 1. The minimum Gasteiger partial charge on any atom is -0.338 e. The Kier molecular flexibility index (Phi) is 8.20. The molecule has 2 N–H and O–H groups in total. The number of sulfonamides is 1. The van der Waals surface area contributed by atoms with E-state index in [4.69, 9.17) is 5.73 Å². The maximum Gasteiger partial charge on any atom is 0.253 e.